The number of rotatable bonds is 6. The molecular weight excluding hydrogens is 382 g/mol. The van der Waals surface area contributed by atoms with Gasteiger partial charge in [0, 0.05) is 6.04 Å². The second-order valence-corrected chi connectivity index (χ2v) is 8.78. The standard InChI is InChI=1S/C24H29NO3S/c1-29-16-24(26)25-19-8-10-20(11-9-19)27-21-12-14-23-18(15-21)7-13-22(28-23)17-5-3-2-4-6-17/h2-6,12,14-15,19-20,22H,7-11,13,16H2,1H3,(H,25,26). The first kappa shape index (κ1) is 20.1. The van der Waals surface area contributed by atoms with Gasteiger partial charge >= 0.3 is 0 Å². The van der Waals surface area contributed by atoms with Gasteiger partial charge in [0.1, 0.15) is 17.6 Å². The molecule has 1 atom stereocenters. The Kier molecular flexibility index (Phi) is 6.65. The first-order chi connectivity index (χ1) is 14.2. The highest BCUT2D eigenvalue weighted by molar-refractivity contribution is 7.99. The molecule has 1 N–H and O–H groups in total. The van der Waals surface area contributed by atoms with Crippen LogP contribution in [-0.4, -0.2) is 30.1 Å². The molecule has 1 aliphatic heterocycles. The molecule has 4 rings (SSSR count). The van der Waals surface area contributed by atoms with Crippen molar-refractivity contribution >= 4 is 17.7 Å². The van der Waals surface area contributed by atoms with Crippen LogP contribution < -0.4 is 14.8 Å². The van der Waals surface area contributed by atoms with E-state index in [9.17, 15) is 4.79 Å². The van der Waals surface area contributed by atoms with Crippen molar-refractivity contribution in [3.05, 3.63) is 59.7 Å². The predicted octanol–water partition coefficient (Wildman–Crippen LogP) is 4.92. The average molecular weight is 412 g/mol. The highest BCUT2D eigenvalue weighted by Gasteiger charge is 2.25. The first-order valence-electron chi connectivity index (χ1n) is 10.5. The van der Waals surface area contributed by atoms with Gasteiger partial charge in [-0.2, -0.15) is 11.8 Å². The number of carbonyl (C=O) groups excluding carboxylic acids is 1. The topological polar surface area (TPSA) is 47.6 Å². The molecule has 0 radical (unpaired) electrons. The largest absolute Gasteiger partial charge is 0.490 e. The zero-order valence-corrected chi connectivity index (χ0v) is 17.8. The molecule has 0 saturated heterocycles. The second kappa shape index (κ2) is 9.57. The number of benzene rings is 2. The van der Waals surface area contributed by atoms with Crippen LogP contribution in [0.4, 0.5) is 0 Å². The van der Waals surface area contributed by atoms with Crippen molar-refractivity contribution in [1.29, 1.82) is 0 Å². The van der Waals surface area contributed by atoms with E-state index in [1.807, 2.05) is 24.5 Å². The lowest BCUT2D eigenvalue weighted by molar-refractivity contribution is -0.119. The number of aryl methyl sites for hydroxylation is 1. The fourth-order valence-corrected chi connectivity index (χ4v) is 4.60. The Balaban J connectivity index is 1.30. The Hall–Kier alpha value is -2.14. The van der Waals surface area contributed by atoms with Crippen LogP contribution in [0.25, 0.3) is 0 Å². The molecule has 1 fully saturated rings. The number of amides is 1. The SMILES string of the molecule is CSCC(=O)NC1CCC(Oc2ccc3c(c2)CCC(c2ccccc2)O3)CC1. The van der Waals surface area contributed by atoms with Crippen LogP contribution in [0.15, 0.2) is 48.5 Å². The molecule has 2 aromatic rings. The van der Waals surface area contributed by atoms with Crippen LogP contribution in [-0.2, 0) is 11.2 Å². The molecule has 1 aliphatic carbocycles. The van der Waals surface area contributed by atoms with Gasteiger partial charge in [0.15, 0.2) is 0 Å². The van der Waals surface area contributed by atoms with Gasteiger partial charge in [0.05, 0.1) is 11.9 Å². The molecule has 29 heavy (non-hydrogen) atoms. The molecule has 1 heterocycles. The lowest BCUT2D eigenvalue weighted by Gasteiger charge is -2.30. The van der Waals surface area contributed by atoms with Crippen molar-refractivity contribution in [1.82, 2.24) is 5.32 Å². The summed E-state index contributed by atoms with van der Waals surface area (Å²) in [4.78, 5) is 11.8. The Bertz CT molecular complexity index is 818. The zero-order chi connectivity index (χ0) is 20.1. The van der Waals surface area contributed by atoms with Crippen molar-refractivity contribution in [3.8, 4) is 11.5 Å². The molecule has 1 amide bonds. The molecule has 2 aromatic carbocycles. The van der Waals surface area contributed by atoms with Crippen molar-refractivity contribution in [2.24, 2.45) is 0 Å². The Morgan fingerprint density at radius 2 is 1.90 bits per heavy atom. The zero-order valence-electron chi connectivity index (χ0n) is 16.9. The van der Waals surface area contributed by atoms with Gasteiger partial charge in [-0.05, 0) is 74.1 Å². The van der Waals surface area contributed by atoms with E-state index in [1.165, 1.54) is 11.1 Å². The van der Waals surface area contributed by atoms with Crippen LogP contribution in [0.3, 0.4) is 0 Å². The summed E-state index contributed by atoms with van der Waals surface area (Å²) in [5.41, 5.74) is 2.47. The van der Waals surface area contributed by atoms with E-state index in [1.54, 1.807) is 11.8 Å². The summed E-state index contributed by atoms with van der Waals surface area (Å²) in [6, 6.07) is 16.9. The van der Waals surface area contributed by atoms with Gasteiger partial charge in [0.2, 0.25) is 5.91 Å². The van der Waals surface area contributed by atoms with Gasteiger partial charge in [-0.3, -0.25) is 4.79 Å². The molecule has 5 heteroatoms. The van der Waals surface area contributed by atoms with Crippen molar-refractivity contribution in [3.63, 3.8) is 0 Å². The van der Waals surface area contributed by atoms with Crippen LogP contribution in [0, 0.1) is 0 Å². The van der Waals surface area contributed by atoms with Crippen molar-refractivity contribution < 1.29 is 14.3 Å². The van der Waals surface area contributed by atoms with Crippen molar-refractivity contribution in [2.75, 3.05) is 12.0 Å². The Morgan fingerprint density at radius 1 is 1.10 bits per heavy atom. The minimum Gasteiger partial charge on any atom is -0.490 e. The Morgan fingerprint density at radius 3 is 2.66 bits per heavy atom. The minimum absolute atomic E-state index is 0.132. The summed E-state index contributed by atoms with van der Waals surface area (Å²) in [7, 11) is 0. The van der Waals surface area contributed by atoms with E-state index in [0.29, 0.717) is 11.8 Å². The van der Waals surface area contributed by atoms with Gasteiger partial charge in [-0.25, -0.2) is 0 Å². The van der Waals surface area contributed by atoms with E-state index in [0.717, 1.165) is 50.0 Å². The number of hydrogen-bond acceptors (Lipinski definition) is 4. The molecule has 154 valence electrons. The highest BCUT2D eigenvalue weighted by Crippen LogP contribution is 2.37. The van der Waals surface area contributed by atoms with E-state index in [2.05, 4.69) is 35.6 Å². The fourth-order valence-electron chi connectivity index (χ4n) is 4.26. The maximum Gasteiger partial charge on any atom is 0.230 e. The quantitative estimate of drug-likeness (QED) is 0.733. The summed E-state index contributed by atoms with van der Waals surface area (Å²) in [6.07, 6.45) is 8.23. The lowest BCUT2D eigenvalue weighted by Crippen LogP contribution is -2.40. The number of fused-ring (bicyclic) bond motifs is 1. The molecule has 4 nitrogen and oxygen atoms in total. The van der Waals surface area contributed by atoms with Gasteiger partial charge in [-0.1, -0.05) is 30.3 Å². The van der Waals surface area contributed by atoms with E-state index in [-0.39, 0.29) is 18.1 Å². The average Bonchev–Trinajstić information content (AvgIpc) is 2.75. The summed E-state index contributed by atoms with van der Waals surface area (Å²) in [5.74, 6) is 2.59. The van der Waals surface area contributed by atoms with Gasteiger partial charge in [0.25, 0.3) is 0 Å². The van der Waals surface area contributed by atoms with Gasteiger partial charge < -0.3 is 14.8 Å². The van der Waals surface area contributed by atoms with E-state index in [4.69, 9.17) is 9.47 Å². The number of hydrogen-bond donors (Lipinski definition) is 1. The summed E-state index contributed by atoms with van der Waals surface area (Å²) in [6.45, 7) is 0. The summed E-state index contributed by atoms with van der Waals surface area (Å²) < 4.78 is 12.5. The molecule has 1 saturated carbocycles. The number of thioether (sulfide) groups is 1. The predicted molar refractivity (Wildman–Crippen MR) is 118 cm³/mol. The van der Waals surface area contributed by atoms with Crippen LogP contribution >= 0.6 is 11.8 Å². The normalized spacial score (nSPS) is 23.6. The van der Waals surface area contributed by atoms with E-state index < -0.39 is 0 Å². The molecule has 0 bridgehead atoms. The highest BCUT2D eigenvalue weighted by atomic mass is 32.2. The summed E-state index contributed by atoms with van der Waals surface area (Å²) >= 11 is 1.56. The maximum absolute atomic E-state index is 11.8. The van der Waals surface area contributed by atoms with Crippen LogP contribution in [0.1, 0.15) is 49.3 Å². The lowest BCUT2D eigenvalue weighted by atomic mass is 9.93. The first-order valence-corrected chi connectivity index (χ1v) is 11.9. The monoisotopic (exact) mass is 411 g/mol. The maximum atomic E-state index is 11.8. The number of ether oxygens (including phenoxy) is 2. The van der Waals surface area contributed by atoms with Crippen LogP contribution in [0.5, 0.6) is 11.5 Å². The molecular formula is C24H29NO3S. The molecule has 0 spiro atoms. The third-order valence-electron chi connectivity index (χ3n) is 5.77. The molecule has 1 unspecified atom stereocenters. The van der Waals surface area contributed by atoms with E-state index >= 15 is 0 Å². The fraction of sp³-hybridized carbons (Fsp3) is 0.458. The minimum atomic E-state index is 0.132. The summed E-state index contributed by atoms with van der Waals surface area (Å²) in [5, 5.41) is 3.13. The van der Waals surface area contributed by atoms with Crippen molar-refractivity contribution in [2.45, 2.75) is 56.8 Å². The second-order valence-electron chi connectivity index (χ2n) is 7.92. The third-order valence-corrected chi connectivity index (χ3v) is 6.32. The number of nitrogens with one attached hydrogen (secondary N) is 1. The smallest absolute Gasteiger partial charge is 0.230 e. The van der Waals surface area contributed by atoms with Gasteiger partial charge in [-0.15, -0.1) is 0 Å². The van der Waals surface area contributed by atoms with Crippen LogP contribution in [0.2, 0.25) is 0 Å². The number of carbonyl (C=O) groups is 1. The Labute approximate surface area is 177 Å². The third kappa shape index (κ3) is 5.27. The molecule has 2 aliphatic rings. The molecule has 0 aromatic heterocycles.